The van der Waals surface area contributed by atoms with Gasteiger partial charge in [0.25, 0.3) is 5.91 Å². The molecule has 2 aromatic heterocycles. The molecule has 5 nitrogen and oxygen atoms in total. The first-order valence-electron chi connectivity index (χ1n) is 9.29. The number of carbonyl (C=O) groups excluding carboxylic acids is 1. The molecular weight excluding hydrogens is 424 g/mol. The Labute approximate surface area is 179 Å². The number of carbonyl (C=O) groups is 1. The molecule has 152 valence electrons. The van der Waals surface area contributed by atoms with Crippen molar-refractivity contribution in [1.29, 1.82) is 0 Å². The third-order valence-electron chi connectivity index (χ3n) is 4.98. The fourth-order valence-corrected chi connectivity index (χ4v) is 6.51. The van der Waals surface area contributed by atoms with Crippen molar-refractivity contribution in [2.75, 3.05) is 10.6 Å². The zero-order valence-electron chi connectivity index (χ0n) is 16.2. The Balaban J connectivity index is 1.63. The second-order valence-electron chi connectivity index (χ2n) is 7.28. The monoisotopic (exact) mass is 446 g/mol. The molecule has 1 aliphatic heterocycles. The molecule has 0 radical (unpaired) electrons. The van der Waals surface area contributed by atoms with Crippen LogP contribution >= 0.6 is 22.7 Å². The van der Waals surface area contributed by atoms with E-state index in [2.05, 4.69) is 0 Å². The number of thiophene rings is 2. The van der Waals surface area contributed by atoms with Crippen LogP contribution < -0.4 is 4.31 Å². The van der Waals surface area contributed by atoms with E-state index in [0.29, 0.717) is 30.8 Å². The number of amides is 1. The Kier molecular flexibility index (Phi) is 5.50. The van der Waals surface area contributed by atoms with E-state index in [1.807, 2.05) is 52.9 Å². The van der Waals surface area contributed by atoms with Crippen molar-refractivity contribution in [3.8, 4) is 0 Å². The number of nitrogens with zero attached hydrogens (tertiary/aromatic N) is 2. The first-order chi connectivity index (χ1) is 13.8. The smallest absolute Gasteiger partial charge is 0.254 e. The summed E-state index contributed by atoms with van der Waals surface area (Å²) in [5.41, 5.74) is 2.18. The van der Waals surface area contributed by atoms with Gasteiger partial charge in [-0.05, 0) is 60.0 Å². The third-order valence-corrected chi connectivity index (χ3v) is 7.97. The molecule has 29 heavy (non-hydrogen) atoms. The average molecular weight is 447 g/mol. The molecule has 0 aliphatic carbocycles. The summed E-state index contributed by atoms with van der Waals surface area (Å²) in [5.74, 6) is -0.0416. The van der Waals surface area contributed by atoms with E-state index in [9.17, 15) is 13.2 Å². The minimum atomic E-state index is -3.34. The molecule has 0 N–H and O–H groups in total. The molecule has 4 rings (SSSR count). The van der Waals surface area contributed by atoms with Crippen LogP contribution in [0.25, 0.3) is 0 Å². The summed E-state index contributed by atoms with van der Waals surface area (Å²) in [4.78, 5) is 17.5. The summed E-state index contributed by atoms with van der Waals surface area (Å²) in [7, 11) is -3.34. The van der Waals surface area contributed by atoms with E-state index in [4.69, 9.17) is 0 Å². The topological polar surface area (TPSA) is 57.7 Å². The quantitative estimate of drug-likeness (QED) is 0.565. The standard InChI is InChI=1S/C21H22N2O3S3/c1-15-11-17-12-16(7-8-20(17)23(15)29(2,25)26)21(24)22(13-18-5-3-9-27-18)14-19-6-4-10-28-19/h3-10,12,15H,11,13-14H2,1-2H3. The lowest BCUT2D eigenvalue weighted by Gasteiger charge is -2.23. The fraction of sp³-hybridized carbons (Fsp3) is 0.286. The molecule has 0 fully saturated rings. The van der Waals surface area contributed by atoms with Crippen LogP contribution in [-0.4, -0.2) is 31.5 Å². The number of hydrogen-bond acceptors (Lipinski definition) is 5. The highest BCUT2D eigenvalue weighted by atomic mass is 32.2. The maximum absolute atomic E-state index is 13.4. The minimum absolute atomic E-state index is 0.0416. The summed E-state index contributed by atoms with van der Waals surface area (Å²) in [6, 6.07) is 13.3. The molecule has 1 aromatic carbocycles. The molecule has 0 saturated heterocycles. The number of sulfonamides is 1. The van der Waals surface area contributed by atoms with Crippen LogP contribution in [0.15, 0.2) is 53.2 Å². The van der Waals surface area contributed by atoms with E-state index in [1.165, 1.54) is 10.6 Å². The fourth-order valence-electron chi connectivity index (χ4n) is 3.80. The van der Waals surface area contributed by atoms with Crippen molar-refractivity contribution < 1.29 is 13.2 Å². The van der Waals surface area contributed by atoms with Gasteiger partial charge >= 0.3 is 0 Å². The lowest BCUT2D eigenvalue weighted by atomic mass is 10.1. The van der Waals surface area contributed by atoms with Crippen molar-refractivity contribution in [2.45, 2.75) is 32.5 Å². The van der Waals surface area contributed by atoms with E-state index in [0.717, 1.165) is 15.3 Å². The predicted octanol–water partition coefficient (Wildman–Crippen LogP) is 4.36. The van der Waals surface area contributed by atoms with Gasteiger partial charge in [-0.1, -0.05) is 12.1 Å². The SMILES string of the molecule is CC1Cc2cc(C(=O)N(Cc3cccs3)Cc3cccs3)ccc2N1S(C)(=O)=O. The zero-order valence-corrected chi connectivity index (χ0v) is 18.7. The summed E-state index contributed by atoms with van der Waals surface area (Å²) >= 11 is 3.27. The Morgan fingerprint density at radius 2 is 1.72 bits per heavy atom. The van der Waals surface area contributed by atoms with Gasteiger partial charge in [0.2, 0.25) is 10.0 Å². The Bertz CT molecular complexity index is 1070. The lowest BCUT2D eigenvalue weighted by molar-refractivity contribution is 0.0733. The molecular formula is C21H22N2O3S3. The van der Waals surface area contributed by atoms with Crippen LogP contribution in [0.3, 0.4) is 0 Å². The van der Waals surface area contributed by atoms with Crippen LogP contribution in [0.4, 0.5) is 5.69 Å². The van der Waals surface area contributed by atoms with E-state index in [1.54, 1.807) is 34.8 Å². The van der Waals surface area contributed by atoms with Crippen LogP contribution in [0.1, 0.15) is 32.6 Å². The van der Waals surface area contributed by atoms with Gasteiger partial charge in [-0.3, -0.25) is 9.10 Å². The molecule has 1 aliphatic rings. The Morgan fingerprint density at radius 1 is 1.10 bits per heavy atom. The molecule has 0 saturated carbocycles. The van der Waals surface area contributed by atoms with Gasteiger partial charge in [0.15, 0.2) is 0 Å². The average Bonchev–Trinajstić information content (AvgIpc) is 3.39. The van der Waals surface area contributed by atoms with Gasteiger partial charge in [0.1, 0.15) is 0 Å². The van der Waals surface area contributed by atoms with Gasteiger partial charge in [-0.15, -0.1) is 22.7 Å². The maximum atomic E-state index is 13.4. The zero-order chi connectivity index (χ0) is 20.6. The Morgan fingerprint density at radius 3 is 2.24 bits per heavy atom. The highest BCUT2D eigenvalue weighted by Crippen LogP contribution is 2.35. The van der Waals surface area contributed by atoms with Crippen molar-refractivity contribution in [3.05, 3.63) is 74.1 Å². The number of benzene rings is 1. The molecule has 0 bridgehead atoms. The van der Waals surface area contributed by atoms with Crippen molar-refractivity contribution in [2.24, 2.45) is 0 Å². The highest BCUT2D eigenvalue weighted by molar-refractivity contribution is 7.92. The molecule has 8 heteroatoms. The van der Waals surface area contributed by atoms with Gasteiger partial charge in [0, 0.05) is 21.4 Å². The largest absolute Gasteiger partial charge is 0.328 e. The first kappa shape index (κ1) is 20.1. The molecule has 3 aromatic rings. The van der Waals surface area contributed by atoms with Gasteiger partial charge < -0.3 is 4.90 Å². The second-order valence-corrected chi connectivity index (χ2v) is 11.2. The van der Waals surface area contributed by atoms with Crippen molar-refractivity contribution >= 4 is 44.3 Å². The van der Waals surface area contributed by atoms with Gasteiger partial charge in [-0.25, -0.2) is 8.42 Å². The number of anilines is 1. The first-order valence-corrected chi connectivity index (χ1v) is 12.9. The van der Waals surface area contributed by atoms with E-state index in [-0.39, 0.29) is 11.9 Å². The summed E-state index contributed by atoms with van der Waals surface area (Å²) < 4.78 is 25.7. The minimum Gasteiger partial charge on any atom is -0.328 e. The summed E-state index contributed by atoms with van der Waals surface area (Å²) in [6.45, 7) is 3.00. The number of rotatable bonds is 6. The van der Waals surface area contributed by atoms with E-state index >= 15 is 0 Å². The second kappa shape index (κ2) is 7.93. The number of hydrogen-bond donors (Lipinski definition) is 0. The maximum Gasteiger partial charge on any atom is 0.254 e. The van der Waals surface area contributed by atoms with Crippen LogP contribution in [0.5, 0.6) is 0 Å². The number of fused-ring (bicyclic) bond motifs is 1. The van der Waals surface area contributed by atoms with Gasteiger partial charge in [0.05, 0.1) is 25.0 Å². The lowest BCUT2D eigenvalue weighted by Crippen LogP contribution is -2.34. The predicted molar refractivity (Wildman–Crippen MR) is 119 cm³/mol. The third kappa shape index (κ3) is 4.24. The molecule has 0 spiro atoms. The molecule has 1 amide bonds. The van der Waals surface area contributed by atoms with Crippen LogP contribution in [0.2, 0.25) is 0 Å². The highest BCUT2D eigenvalue weighted by Gasteiger charge is 2.33. The van der Waals surface area contributed by atoms with Crippen LogP contribution in [-0.2, 0) is 29.5 Å². The van der Waals surface area contributed by atoms with Crippen LogP contribution in [0, 0.1) is 0 Å². The molecule has 1 atom stereocenters. The van der Waals surface area contributed by atoms with E-state index < -0.39 is 10.0 Å². The summed E-state index contributed by atoms with van der Waals surface area (Å²) in [5, 5.41) is 4.03. The summed E-state index contributed by atoms with van der Waals surface area (Å²) in [6.07, 6.45) is 1.83. The van der Waals surface area contributed by atoms with Crippen molar-refractivity contribution in [1.82, 2.24) is 4.90 Å². The molecule has 3 heterocycles. The Hall–Kier alpha value is -2.16. The normalized spacial score (nSPS) is 16.1. The van der Waals surface area contributed by atoms with Crippen molar-refractivity contribution in [3.63, 3.8) is 0 Å². The van der Waals surface area contributed by atoms with Gasteiger partial charge in [-0.2, -0.15) is 0 Å². The molecule has 1 unspecified atom stereocenters.